The molecule has 0 atom stereocenters. The first kappa shape index (κ1) is 9.15. The van der Waals surface area contributed by atoms with Crippen molar-refractivity contribution in [3.8, 4) is 0 Å². The van der Waals surface area contributed by atoms with Crippen molar-refractivity contribution in [2.75, 3.05) is 7.05 Å². The zero-order chi connectivity index (χ0) is 7.98. The third-order valence-corrected chi connectivity index (χ3v) is 1.27. The largest absolute Gasteiger partial charge is 0.293 e. The summed E-state index contributed by atoms with van der Waals surface area (Å²) in [6, 6.07) is 0. The average molecular weight is 137 g/mol. The molecular formula is C9H15N. The molecule has 0 spiro atoms. The summed E-state index contributed by atoms with van der Waals surface area (Å²) in [6.07, 6.45) is 4.92. The van der Waals surface area contributed by atoms with E-state index >= 15 is 0 Å². The summed E-state index contributed by atoms with van der Waals surface area (Å²) in [5.41, 5.74) is 2.37. The second-order valence-electron chi connectivity index (χ2n) is 2.35. The highest BCUT2D eigenvalue weighted by molar-refractivity contribution is 5.93. The maximum absolute atomic E-state index is 4.02. The van der Waals surface area contributed by atoms with Gasteiger partial charge < -0.3 is 0 Å². The first-order valence-electron chi connectivity index (χ1n) is 3.42. The van der Waals surface area contributed by atoms with Gasteiger partial charge in [-0.15, -0.1) is 6.58 Å². The van der Waals surface area contributed by atoms with E-state index < -0.39 is 0 Å². The number of hydrogen-bond acceptors (Lipinski definition) is 1. The fourth-order valence-electron chi connectivity index (χ4n) is 0.708. The Kier molecular flexibility index (Phi) is 4.55. The number of nitrogens with zero attached hydrogens (tertiary/aromatic N) is 1. The molecule has 0 heterocycles. The summed E-state index contributed by atoms with van der Waals surface area (Å²) in [7, 11) is 1.80. The van der Waals surface area contributed by atoms with Crippen LogP contribution in [0.25, 0.3) is 0 Å². The van der Waals surface area contributed by atoms with E-state index in [-0.39, 0.29) is 0 Å². The SMILES string of the molecule is C=CC/C(C)=C/C(C)=NC. The summed E-state index contributed by atoms with van der Waals surface area (Å²) in [4.78, 5) is 4.02. The topological polar surface area (TPSA) is 12.4 Å². The summed E-state index contributed by atoms with van der Waals surface area (Å²) in [5.74, 6) is 0. The lowest BCUT2D eigenvalue weighted by Gasteiger charge is -1.93. The van der Waals surface area contributed by atoms with Crippen LogP contribution in [0, 0.1) is 0 Å². The Hall–Kier alpha value is -0.850. The molecule has 0 aromatic carbocycles. The van der Waals surface area contributed by atoms with Crippen molar-refractivity contribution < 1.29 is 0 Å². The zero-order valence-electron chi connectivity index (χ0n) is 7.02. The number of aliphatic imine (C=N–C) groups is 1. The normalized spacial score (nSPS) is 13.5. The smallest absolute Gasteiger partial charge is 0.0313 e. The van der Waals surface area contributed by atoms with Crippen molar-refractivity contribution in [2.45, 2.75) is 20.3 Å². The van der Waals surface area contributed by atoms with Gasteiger partial charge in [0, 0.05) is 12.8 Å². The third-order valence-electron chi connectivity index (χ3n) is 1.27. The van der Waals surface area contributed by atoms with E-state index in [9.17, 15) is 0 Å². The van der Waals surface area contributed by atoms with Gasteiger partial charge in [-0.3, -0.25) is 4.99 Å². The van der Waals surface area contributed by atoms with Crippen molar-refractivity contribution in [1.29, 1.82) is 0 Å². The van der Waals surface area contributed by atoms with Crippen LogP contribution in [0.5, 0.6) is 0 Å². The van der Waals surface area contributed by atoms with Gasteiger partial charge in [0.05, 0.1) is 0 Å². The minimum absolute atomic E-state index is 0.951. The van der Waals surface area contributed by atoms with Gasteiger partial charge in [-0.05, 0) is 26.3 Å². The molecule has 0 unspecified atom stereocenters. The van der Waals surface area contributed by atoms with E-state index in [2.05, 4.69) is 24.6 Å². The van der Waals surface area contributed by atoms with E-state index in [1.165, 1.54) is 5.57 Å². The van der Waals surface area contributed by atoms with Crippen molar-refractivity contribution in [1.82, 2.24) is 0 Å². The molecule has 0 N–H and O–H groups in total. The summed E-state index contributed by atoms with van der Waals surface area (Å²) in [5, 5.41) is 0. The molecule has 0 fully saturated rings. The van der Waals surface area contributed by atoms with Gasteiger partial charge in [0.1, 0.15) is 0 Å². The van der Waals surface area contributed by atoms with E-state index in [0.717, 1.165) is 12.1 Å². The Morgan fingerprint density at radius 1 is 1.50 bits per heavy atom. The highest BCUT2D eigenvalue weighted by atomic mass is 14.7. The van der Waals surface area contributed by atoms with Gasteiger partial charge in [-0.1, -0.05) is 11.6 Å². The molecule has 0 aliphatic heterocycles. The molecule has 10 heavy (non-hydrogen) atoms. The van der Waals surface area contributed by atoms with Crippen molar-refractivity contribution in [3.05, 3.63) is 24.3 Å². The fourth-order valence-corrected chi connectivity index (χ4v) is 0.708. The van der Waals surface area contributed by atoms with Crippen LogP contribution in [-0.2, 0) is 0 Å². The van der Waals surface area contributed by atoms with E-state index in [1.54, 1.807) is 7.05 Å². The van der Waals surface area contributed by atoms with Gasteiger partial charge in [0.2, 0.25) is 0 Å². The van der Waals surface area contributed by atoms with Gasteiger partial charge in [0.25, 0.3) is 0 Å². The second-order valence-corrected chi connectivity index (χ2v) is 2.35. The van der Waals surface area contributed by atoms with Crippen LogP contribution in [0.1, 0.15) is 20.3 Å². The van der Waals surface area contributed by atoms with E-state index in [1.807, 2.05) is 13.0 Å². The van der Waals surface area contributed by atoms with Gasteiger partial charge in [-0.25, -0.2) is 0 Å². The number of rotatable bonds is 3. The average Bonchev–Trinajstić information content (AvgIpc) is 1.88. The number of allylic oxidation sites excluding steroid dienone is 3. The highest BCUT2D eigenvalue weighted by Crippen LogP contribution is 1.99. The molecule has 0 saturated heterocycles. The fraction of sp³-hybridized carbons (Fsp3) is 0.444. The van der Waals surface area contributed by atoms with Crippen LogP contribution in [0.15, 0.2) is 29.3 Å². The van der Waals surface area contributed by atoms with Crippen LogP contribution in [0.4, 0.5) is 0 Å². The third kappa shape index (κ3) is 4.07. The zero-order valence-corrected chi connectivity index (χ0v) is 7.02. The molecule has 0 rings (SSSR count). The second kappa shape index (κ2) is 4.98. The molecule has 0 aliphatic rings. The van der Waals surface area contributed by atoms with Crippen LogP contribution in [0.3, 0.4) is 0 Å². The first-order chi connectivity index (χ1) is 4.70. The Labute approximate surface area is 63.2 Å². The Morgan fingerprint density at radius 3 is 2.50 bits per heavy atom. The molecule has 0 bridgehead atoms. The first-order valence-corrected chi connectivity index (χ1v) is 3.42. The predicted molar refractivity (Wildman–Crippen MR) is 47.6 cm³/mol. The van der Waals surface area contributed by atoms with Gasteiger partial charge >= 0.3 is 0 Å². The van der Waals surface area contributed by atoms with Crippen molar-refractivity contribution >= 4 is 5.71 Å². The molecule has 0 aromatic rings. The lowest BCUT2D eigenvalue weighted by molar-refractivity contribution is 1.22. The van der Waals surface area contributed by atoms with Crippen molar-refractivity contribution in [3.63, 3.8) is 0 Å². The van der Waals surface area contributed by atoms with Crippen molar-refractivity contribution in [2.24, 2.45) is 4.99 Å². The summed E-state index contributed by atoms with van der Waals surface area (Å²) in [6.45, 7) is 7.73. The monoisotopic (exact) mass is 137 g/mol. The van der Waals surface area contributed by atoms with Crippen LogP contribution in [-0.4, -0.2) is 12.8 Å². The minimum atomic E-state index is 0.951. The summed E-state index contributed by atoms with van der Waals surface area (Å²) < 4.78 is 0. The van der Waals surface area contributed by atoms with Gasteiger partial charge in [-0.2, -0.15) is 0 Å². The molecule has 0 amide bonds. The molecule has 56 valence electrons. The van der Waals surface area contributed by atoms with Crippen LogP contribution in [0.2, 0.25) is 0 Å². The highest BCUT2D eigenvalue weighted by Gasteiger charge is 1.85. The van der Waals surface area contributed by atoms with Crippen LogP contribution < -0.4 is 0 Å². The maximum atomic E-state index is 4.02. The Bertz CT molecular complexity index is 164. The Balaban J connectivity index is 4.02. The van der Waals surface area contributed by atoms with Gasteiger partial charge in [0.15, 0.2) is 0 Å². The molecule has 0 aliphatic carbocycles. The lowest BCUT2D eigenvalue weighted by atomic mass is 10.2. The molecule has 0 saturated carbocycles. The molecule has 1 heteroatoms. The maximum Gasteiger partial charge on any atom is 0.0313 e. The van der Waals surface area contributed by atoms with Crippen LogP contribution >= 0.6 is 0 Å². The standard InChI is InChI=1S/C9H15N/c1-5-6-8(2)7-9(3)10-4/h5,7H,1,6H2,2-4H3/b8-7+,10-9?. The van der Waals surface area contributed by atoms with E-state index in [4.69, 9.17) is 0 Å². The Morgan fingerprint density at radius 2 is 2.10 bits per heavy atom. The quantitative estimate of drug-likeness (QED) is 0.419. The molecule has 0 aromatic heterocycles. The summed E-state index contributed by atoms with van der Waals surface area (Å²) >= 11 is 0. The van der Waals surface area contributed by atoms with E-state index in [0.29, 0.717) is 0 Å². The number of hydrogen-bond donors (Lipinski definition) is 0. The molecular weight excluding hydrogens is 122 g/mol. The minimum Gasteiger partial charge on any atom is -0.293 e. The lowest BCUT2D eigenvalue weighted by Crippen LogP contribution is -1.85. The molecule has 0 radical (unpaired) electrons. The predicted octanol–water partition coefficient (Wildman–Crippen LogP) is 2.60. The molecule has 1 nitrogen and oxygen atoms in total.